The van der Waals surface area contributed by atoms with Gasteiger partial charge in [-0.05, 0) is 48.7 Å². The van der Waals surface area contributed by atoms with Crippen molar-refractivity contribution in [1.82, 2.24) is 21.4 Å². The molecule has 0 aliphatic carbocycles. The van der Waals surface area contributed by atoms with Crippen molar-refractivity contribution in [3.8, 4) is 17.1 Å². The minimum absolute atomic E-state index is 0.0334. The number of nitrogens with one attached hydrogen (secondary N) is 4. The molecule has 0 radical (unpaired) electrons. The van der Waals surface area contributed by atoms with Crippen molar-refractivity contribution in [1.29, 1.82) is 0 Å². The first kappa shape index (κ1) is 45.2. The van der Waals surface area contributed by atoms with Crippen LogP contribution in [0.15, 0.2) is 65.1 Å². The Morgan fingerprint density at radius 1 is 0.754 bits per heavy atom. The molecular formula is C40H50N4O13. The number of hydrogen-bond donors (Lipinski definition) is 4. The third-order valence-corrected chi connectivity index (χ3v) is 8.74. The Bertz CT molecular complexity index is 1830. The molecule has 1 heterocycles. The number of hydroxylamine groups is 1. The molecule has 4 N–H and O–H groups in total. The maximum atomic E-state index is 13.4. The van der Waals surface area contributed by atoms with Crippen LogP contribution in [0.3, 0.4) is 0 Å². The van der Waals surface area contributed by atoms with Crippen LogP contribution in [-0.4, -0.2) is 82.2 Å². The molecule has 0 fully saturated rings. The van der Waals surface area contributed by atoms with Gasteiger partial charge in [0.25, 0.3) is 11.8 Å². The molecule has 57 heavy (non-hydrogen) atoms. The number of rotatable bonds is 23. The number of carbonyl (C=O) groups is 7. The Morgan fingerprint density at radius 2 is 1.49 bits per heavy atom. The summed E-state index contributed by atoms with van der Waals surface area (Å²) >= 11 is 0. The number of benzene rings is 2. The fraction of sp³-hybridized carbons (Fsp3) is 0.425. The lowest BCUT2D eigenvalue weighted by atomic mass is 9.84. The van der Waals surface area contributed by atoms with Crippen LogP contribution < -0.4 is 26.2 Å². The highest BCUT2D eigenvalue weighted by atomic mass is 16.7. The standard InChI is InChI=1S/C40H50N4O13/c1-6-8-10-15-30(29(7-2)38(49)44-56-22-25-13-11-9-12-14-25)37(48)41-24-42-39(50)33-17-16-32(57-33)26-18-27(20-28(19-26)55-23-35(46)53-4)36(47)43-31(40(51)54-5)21-34(45)52-3/h9,11-14,16-20,29-31H,6-8,10,15,21-24H2,1-5H3,(H,41,48)(H,42,50)(H,43,47)(H,44,49)/t29-,30-,31+/m1/s1. The number of hydrogen-bond acceptors (Lipinski definition) is 13. The van der Waals surface area contributed by atoms with Gasteiger partial charge in [-0.2, -0.15) is 0 Å². The molecule has 3 atom stereocenters. The monoisotopic (exact) mass is 794 g/mol. The smallest absolute Gasteiger partial charge is 0.343 e. The number of amides is 4. The molecule has 1 aromatic heterocycles. The fourth-order valence-corrected chi connectivity index (χ4v) is 5.65. The summed E-state index contributed by atoms with van der Waals surface area (Å²) < 4.78 is 25.2. The lowest BCUT2D eigenvalue weighted by Crippen LogP contribution is -2.45. The average molecular weight is 795 g/mol. The van der Waals surface area contributed by atoms with Crippen molar-refractivity contribution in [3.63, 3.8) is 0 Å². The Hall–Kier alpha value is -6.23. The van der Waals surface area contributed by atoms with Gasteiger partial charge in [0.2, 0.25) is 11.8 Å². The fourth-order valence-electron chi connectivity index (χ4n) is 5.65. The predicted octanol–water partition coefficient (Wildman–Crippen LogP) is 3.61. The maximum absolute atomic E-state index is 13.4. The molecule has 0 unspecified atom stereocenters. The van der Waals surface area contributed by atoms with E-state index in [0.29, 0.717) is 12.8 Å². The second kappa shape index (κ2) is 23.6. The van der Waals surface area contributed by atoms with Crippen LogP contribution in [0.1, 0.15) is 78.8 Å². The summed E-state index contributed by atoms with van der Waals surface area (Å²) in [4.78, 5) is 94.4. The van der Waals surface area contributed by atoms with Gasteiger partial charge in [0.1, 0.15) is 17.6 Å². The summed E-state index contributed by atoms with van der Waals surface area (Å²) in [6, 6.07) is 14.9. The number of unbranched alkanes of at least 4 members (excludes halogenated alkanes) is 2. The highest BCUT2D eigenvalue weighted by Gasteiger charge is 2.32. The van der Waals surface area contributed by atoms with Crippen molar-refractivity contribution in [3.05, 3.63) is 77.6 Å². The summed E-state index contributed by atoms with van der Waals surface area (Å²) in [7, 11) is 3.39. The zero-order chi connectivity index (χ0) is 41.7. The van der Waals surface area contributed by atoms with Crippen LogP contribution in [-0.2, 0) is 49.6 Å². The van der Waals surface area contributed by atoms with Crippen molar-refractivity contribution < 1.29 is 61.8 Å². The van der Waals surface area contributed by atoms with Crippen molar-refractivity contribution in [2.45, 2.75) is 65.0 Å². The highest BCUT2D eigenvalue weighted by molar-refractivity contribution is 5.99. The van der Waals surface area contributed by atoms with Gasteiger partial charge in [-0.25, -0.2) is 15.1 Å². The molecule has 17 nitrogen and oxygen atoms in total. The first-order valence-corrected chi connectivity index (χ1v) is 18.4. The molecule has 0 bridgehead atoms. The Kier molecular flexibility index (Phi) is 18.7. The SMILES string of the molecule is CCCCC[C@@H](C(=O)NCNC(=O)c1ccc(-c2cc(OCC(=O)OC)cc(C(=O)N[C@@H](CC(=O)OC)C(=O)OC)c2)o1)[C@@H](CC)C(=O)NOCc1ccccc1. The molecule has 3 rings (SSSR count). The normalized spacial score (nSPS) is 12.2. The van der Waals surface area contributed by atoms with E-state index in [1.807, 2.05) is 44.2 Å². The van der Waals surface area contributed by atoms with Crippen LogP contribution in [0.4, 0.5) is 0 Å². The van der Waals surface area contributed by atoms with Gasteiger partial charge < -0.3 is 39.3 Å². The second-order valence-electron chi connectivity index (χ2n) is 12.7. The Balaban J connectivity index is 1.72. The maximum Gasteiger partial charge on any atom is 0.343 e. The van der Waals surface area contributed by atoms with Gasteiger partial charge in [0.05, 0.1) is 46.9 Å². The summed E-state index contributed by atoms with van der Waals surface area (Å²) in [5.41, 5.74) is 3.53. The first-order chi connectivity index (χ1) is 27.4. The van der Waals surface area contributed by atoms with E-state index < -0.39 is 72.4 Å². The molecule has 0 saturated heterocycles. The number of carbonyl (C=O) groups excluding carboxylic acids is 7. The van der Waals surface area contributed by atoms with Gasteiger partial charge >= 0.3 is 17.9 Å². The molecule has 308 valence electrons. The lowest BCUT2D eigenvalue weighted by molar-refractivity contribution is -0.149. The molecule has 3 aromatic rings. The van der Waals surface area contributed by atoms with E-state index in [-0.39, 0.29) is 41.7 Å². The van der Waals surface area contributed by atoms with Crippen molar-refractivity contribution in [2.75, 3.05) is 34.6 Å². The third-order valence-electron chi connectivity index (χ3n) is 8.74. The van der Waals surface area contributed by atoms with E-state index in [1.54, 1.807) is 0 Å². The molecule has 2 aromatic carbocycles. The summed E-state index contributed by atoms with van der Waals surface area (Å²) in [5, 5.41) is 7.71. The van der Waals surface area contributed by atoms with Gasteiger partial charge in [-0.15, -0.1) is 0 Å². The van der Waals surface area contributed by atoms with E-state index in [0.717, 1.165) is 39.0 Å². The third kappa shape index (κ3) is 14.4. The van der Waals surface area contributed by atoms with Gasteiger partial charge in [-0.3, -0.25) is 28.8 Å². The van der Waals surface area contributed by atoms with E-state index in [2.05, 4.69) is 30.9 Å². The quantitative estimate of drug-likeness (QED) is 0.0354. The van der Waals surface area contributed by atoms with Gasteiger partial charge in [-0.1, -0.05) is 63.4 Å². The lowest BCUT2D eigenvalue weighted by Gasteiger charge is -2.24. The molecule has 17 heteroatoms. The molecule has 0 spiro atoms. The van der Waals surface area contributed by atoms with Crippen LogP contribution in [0, 0.1) is 11.8 Å². The van der Waals surface area contributed by atoms with Crippen molar-refractivity contribution >= 4 is 41.5 Å². The predicted molar refractivity (Wildman–Crippen MR) is 203 cm³/mol. The number of methoxy groups -OCH3 is 3. The average Bonchev–Trinajstić information content (AvgIpc) is 3.73. The highest BCUT2D eigenvalue weighted by Crippen LogP contribution is 2.29. The zero-order valence-electron chi connectivity index (χ0n) is 32.7. The van der Waals surface area contributed by atoms with E-state index >= 15 is 0 Å². The van der Waals surface area contributed by atoms with Gasteiger partial charge in [0, 0.05) is 17.0 Å². The Labute approximate surface area is 330 Å². The Morgan fingerprint density at radius 3 is 2.16 bits per heavy atom. The van der Waals surface area contributed by atoms with Crippen molar-refractivity contribution in [2.24, 2.45) is 11.8 Å². The zero-order valence-corrected chi connectivity index (χ0v) is 32.7. The summed E-state index contributed by atoms with van der Waals surface area (Å²) in [6.07, 6.45) is 2.85. The topological polar surface area (TPSA) is 227 Å². The molecule has 4 amide bonds. The van der Waals surface area contributed by atoms with Crippen LogP contribution in [0.2, 0.25) is 0 Å². The minimum Gasteiger partial charge on any atom is -0.482 e. The van der Waals surface area contributed by atoms with Crippen LogP contribution in [0.25, 0.3) is 11.3 Å². The van der Waals surface area contributed by atoms with E-state index in [9.17, 15) is 33.6 Å². The molecular weight excluding hydrogens is 744 g/mol. The number of esters is 3. The van der Waals surface area contributed by atoms with Crippen LogP contribution in [0.5, 0.6) is 5.75 Å². The largest absolute Gasteiger partial charge is 0.482 e. The molecule has 0 saturated carbocycles. The molecule has 0 aliphatic heterocycles. The van der Waals surface area contributed by atoms with E-state index in [1.165, 1.54) is 37.4 Å². The molecule has 0 aliphatic rings. The summed E-state index contributed by atoms with van der Waals surface area (Å²) in [5.74, 6) is -6.04. The van der Waals surface area contributed by atoms with Crippen LogP contribution >= 0.6 is 0 Å². The number of furan rings is 1. The van der Waals surface area contributed by atoms with E-state index in [4.69, 9.17) is 18.7 Å². The number of ether oxygens (including phenoxy) is 4. The van der Waals surface area contributed by atoms with Gasteiger partial charge in [0.15, 0.2) is 12.4 Å². The summed E-state index contributed by atoms with van der Waals surface area (Å²) in [6.45, 7) is 3.25. The first-order valence-electron chi connectivity index (χ1n) is 18.4. The second-order valence-corrected chi connectivity index (χ2v) is 12.7. The minimum atomic E-state index is -1.38.